The third-order valence-electron chi connectivity index (χ3n) is 3.58. The van der Waals surface area contributed by atoms with Crippen molar-refractivity contribution in [3.05, 3.63) is 29.8 Å². The van der Waals surface area contributed by atoms with E-state index in [1.807, 2.05) is 24.3 Å². The Morgan fingerprint density at radius 3 is 2.52 bits per heavy atom. The molecule has 0 saturated carbocycles. The highest BCUT2D eigenvalue weighted by Crippen LogP contribution is 2.17. The van der Waals surface area contributed by atoms with E-state index in [2.05, 4.69) is 6.92 Å². The van der Waals surface area contributed by atoms with Crippen LogP contribution in [-0.4, -0.2) is 41.6 Å². The smallest absolute Gasteiger partial charge is 0.308 e. The number of carbonyl (C=O) groups is 2. The van der Waals surface area contributed by atoms with Gasteiger partial charge in [0.05, 0.1) is 5.92 Å². The van der Waals surface area contributed by atoms with Crippen LogP contribution < -0.4 is 4.74 Å². The number of hydrogen-bond donors (Lipinski definition) is 1. The highest BCUT2D eigenvalue weighted by Gasteiger charge is 2.30. The average molecular weight is 314 g/mol. The molecule has 1 aliphatic heterocycles. The number of halogens is 1. The van der Waals surface area contributed by atoms with E-state index < -0.39 is 11.9 Å². The first kappa shape index (κ1) is 17.3. The quantitative estimate of drug-likeness (QED) is 0.902. The normalized spacial score (nSPS) is 17.2. The maximum Gasteiger partial charge on any atom is 0.308 e. The van der Waals surface area contributed by atoms with Crippen molar-refractivity contribution >= 4 is 24.3 Å². The summed E-state index contributed by atoms with van der Waals surface area (Å²) in [6.07, 6.45) is 1.48. The molecule has 0 bridgehead atoms. The van der Waals surface area contributed by atoms with E-state index in [1.165, 1.54) is 5.56 Å². The van der Waals surface area contributed by atoms with Gasteiger partial charge in [-0.1, -0.05) is 19.1 Å². The van der Waals surface area contributed by atoms with Crippen LogP contribution in [0.15, 0.2) is 24.3 Å². The van der Waals surface area contributed by atoms with Crippen LogP contribution in [0.25, 0.3) is 0 Å². The zero-order valence-corrected chi connectivity index (χ0v) is 12.8. The SMILES string of the molecule is CCc1ccc(OCC(=O)N2CCC(C(=O)O)C2)cc1.Cl. The van der Waals surface area contributed by atoms with Crippen molar-refractivity contribution < 1.29 is 19.4 Å². The molecule has 21 heavy (non-hydrogen) atoms. The monoisotopic (exact) mass is 313 g/mol. The Labute approximate surface area is 130 Å². The van der Waals surface area contributed by atoms with E-state index in [1.54, 1.807) is 4.90 Å². The summed E-state index contributed by atoms with van der Waals surface area (Å²) in [5, 5.41) is 8.90. The number of carbonyl (C=O) groups excluding carboxylic acids is 1. The fourth-order valence-corrected chi connectivity index (χ4v) is 2.25. The van der Waals surface area contributed by atoms with Crippen LogP contribution in [0.3, 0.4) is 0 Å². The molecule has 1 saturated heterocycles. The summed E-state index contributed by atoms with van der Waals surface area (Å²) in [6, 6.07) is 7.62. The summed E-state index contributed by atoms with van der Waals surface area (Å²) >= 11 is 0. The lowest BCUT2D eigenvalue weighted by Crippen LogP contribution is -2.33. The highest BCUT2D eigenvalue weighted by atomic mass is 35.5. The van der Waals surface area contributed by atoms with Gasteiger partial charge in [0.2, 0.25) is 0 Å². The van der Waals surface area contributed by atoms with Crippen molar-refractivity contribution in [2.45, 2.75) is 19.8 Å². The number of carboxylic acid groups (broad SMARTS) is 1. The van der Waals surface area contributed by atoms with Crippen LogP contribution in [0.5, 0.6) is 5.75 Å². The average Bonchev–Trinajstić information content (AvgIpc) is 2.95. The zero-order chi connectivity index (χ0) is 14.5. The summed E-state index contributed by atoms with van der Waals surface area (Å²) in [5.74, 6) is -0.781. The number of aryl methyl sites for hydroxylation is 1. The van der Waals surface area contributed by atoms with Gasteiger partial charge in [-0.25, -0.2) is 0 Å². The lowest BCUT2D eigenvalue weighted by atomic mass is 10.1. The molecule has 1 unspecified atom stereocenters. The number of aliphatic carboxylic acids is 1. The minimum absolute atomic E-state index is 0. The molecule has 116 valence electrons. The first-order valence-corrected chi connectivity index (χ1v) is 6.82. The summed E-state index contributed by atoms with van der Waals surface area (Å²) < 4.78 is 5.44. The number of rotatable bonds is 5. The van der Waals surface area contributed by atoms with E-state index >= 15 is 0 Å². The number of ether oxygens (including phenoxy) is 1. The van der Waals surface area contributed by atoms with Gasteiger partial charge in [0, 0.05) is 13.1 Å². The molecule has 1 aromatic carbocycles. The van der Waals surface area contributed by atoms with E-state index in [0.717, 1.165) is 6.42 Å². The van der Waals surface area contributed by atoms with Gasteiger partial charge in [0.25, 0.3) is 5.91 Å². The molecule has 0 spiro atoms. The molecule has 0 radical (unpaired) electrons. The van der Waals surface area contributed by atoms with Crippen LogP contribution in [0.4, 0.5) is 0 Å². The zero-order valence-electron chi connectivity index (χ0n) is 11.9. The van der Waals surface area contributed by atoms with Gasteiger partial charge >= 0.3 is 5.97 Å². The van der Waals surface area contributed by atoms with Crippen LogP contribution in [-0.2, 0) is 16.0 Å². The largest absolute Gasteiger partial charge is 0.484 e. The molecule has 1 heterocycles. The predicted octanol–water partition coefficient (Wildman–Crippen LogP) is 1.98. The van der Waals surface area contributed by atoms with E-state index in [-0.39, 0.29) is 31.5 Å². The Bertz CT molecular complexity index is 489. The summed E-state index contributed by atoms with van der Waals surface area (Å²) in [4.78, 5) is 24.3. The van der Waals surface area contributed by atoms with Crippen molar-refractivity contribution in [3.8, 4) is 5.75 Å². The number of benzene rings is 1. The van der Waals surface area contributed by atoms with Crippen LogP contribution in [0.1, 0.15) is 18.9 Å². The molecular weight excluding hydrogens is 294 g/mol. The topological polar surface area (TPSA) is 66.8 Å². The highest BCUT2D eigenvalue weighted by molar-refractivity contribution is 5.85. The van der Waals surface area contributed by atoms with Gasteiger partial charge in [0.1, 0.15) is 5.75 Å². The molecule has 1 fully saturated rings. The first-order chi connectivity index (χ1) is 9.60. The fourth-order valence-electron chi connectivity index (χ4n) is 2.25. The molecule has 0 aliphatic carbocycles. The van der Waals surface area contributed by atoms with Crippen LogP contribution >= 0.6 is 12.4 Å². The van der Waals surface area contributed by atoms with Crippen molar-refractivity contribution in [2.75, 3.05) is 19.7 Å². The molecular formula is C15H20ClNO4. The van der Waals surface area contributed by atoms with Gasteiger partial charge in [-0.15, -0.1) is 12.4 Å². The van der Waals surface area contributed by atoms with Gasteiger partial charge in [-0.3, -0.25) is 9.59 Å². The maximum atomic E-state index is 11.9. The Hall–Kier alpha value is -1.75. The molecule has 1 amide bonds. The van der Waals surface area contributed by atoms with Crippen molar-refractivity contribution in [2.24, 2.45) is 5.92 Å². The maximum absolute atomic E-state index is 11.9. The second-order valence-electron chi connectivity index (χ2n) is 4.95. The van der Waals surface area contributed by atoms with Crippen molar-refractivity contribution in [1.29, 1.82) is 0 Å². The summed E-state index contributed by atoms with van der Waals surface area (Å²) in [5.41, 5.74) is 1.22. The molecule has 1 N–H and O–H groups in total. The first-order valence-electron chi connectivity index (χ1n) is 6.82. The summed E-state index contributed by atoms with van der Waals surface area (Å²) in [7, 11) is 0. The summed E-state index contributed by atoms with van der Waals surface area (Å²) in [6.45, 7) is 2.81. The molecule has 6 heteroatoms. The second-order valence-corrected chi connectivity index (χ2v) is 4.95. The fraction of sp³-hybridized carbons (Fsp3) is 0.467. The lowest BCUT2D eigenvalue weighted by molar-refractivity contribution is -0.141. The molecule has 1 aromatic rings. The lowest BCUT2D eigenvalue weighted by Gasteiger charge is -2.16. The number of nitrogens with zero attached hydrogens (tertiary/aromatic N) is 1. The van der Waals surface area contributed by atoms with Gasteiger partial charge in [-0.2, -0.15) is 0 Å². The van der Waals surface area contributed by atoms with E-state index in [0.29, 0.717) is 18.7 Å². The Morgan fingerprint density at radius 1 is 1.33 bits per heavy atom. The minimum atomic E-state index is -0.837. The van der Waals surface area contributed by atoms with Gasteiger partial charge in [-0.05, 0) is 30.5 Å². The van der Waals surface area contributed by atoms with E-state index in [9.17, 15) is 9.59 Å². The molecule has 5 nitrogen and oxygen atoms in total. The number of amides is 1. The molecule has 2 rings (SSSR count). The third kappa shape index (κ3) is 4.63. The Kier molecular flexibility index (Phi) is 6.49. The second kappa shape index (κ2) is 7.88. The Balaban J connectivity index is 0.00000220. The van der Waals surface area contributed by atoms with Crippen LogP contribution in [0, 0.1) is 5.92 Å². The van der Waals surface area contributed by atoms with Crippen molar-refractivity contribution in [3.63, 3.8) is 0 Å². The van der Waals surface area contributed by atoms with Gasteiger partial charge in [0.15, 0.2) is 6.61 Å². The number of carboxylic acids is 1. The number of hydrogen-bond acceptors (Lipinski definition) is 3. The Morgan fingerprint density at radius 2 is 2.00 bits per heavy atom. The van der Waals surface area contributed by atoms with Crippen LogP contribution in [0.2, 0.25) is 0 Å². The minimum Gasteiger partial charge on any atom is -0.484 e. The standard InChI is InChI=1S/C15H19NO4.ClH/c1-2-11-3-5-13(6-4-11)20-10-14(17)16-8-7-12(9-16)15(18)19;/h3-6,12H,2,7-10H2,1H3,(H,18,19);1H. The van der Waals surface area contributed by atoms with E-state index in [4.69, 9.17) is 9.84 Å². The molecule has 0 aromatic heterocycles. The van der Waals surface area contributed by atoms with Crippen molar-refractivity contribution in [1.82, 2.24) is 4.90 Å². The molecule has 1 atom stereocenters. The molecule has 1 aliphatic rings. The predicted molar refractivity (Wildman–Crippen MR) is 80.9 cm³/mol. The van der Waals surface area contributed by atoms with Gasteiger partial charge < -0.3 is 14.7 Å². The number of likely N-dealkylation sites (tertiary alicyclic amines) is 1. The third-order valence-corrected chi connectivity index (χ3v) is 3.58.